The lowest BCUT2D eigenvalue weighted by atomic mass is 10.3. The molecule has 1 amide bonds. The number of aromatic nitrogens is 4. The van der Waals surface area contributed by atoms with Crippen LogP contribution in [0, 0.1) is 0 Å². The normalized spacial score (nSPS) is 10.0. The minimum atomic E-state index is -0.367. The summed E-state index contributed by atoms with van der Waals surface area (Å²) in [4.78, 5) is 28.8. The topological polar surface area (TPSA) is 104 Å². The molecule has 0 radical (unpaired) electrons. The molecule has 0 aliphatic heterocycles. The van der Waals surface area contributed by atoms with Gasteiger partial charge in [0.1, 0.15) is 17.8 Å². The van der Waals surface area contributed by atoms with Crippen LogP contribution in [0.25, 0.3) is 0 Å². The second kappa shape index (κ2) is 4.39. The van der Waals surface area contributed by atoms with Crippen molar-refractivity contribution in [2.45, 2.75) is 6.54 Å². The van der Waals surface area contributed by atoms with E-state index in [9.17, 15) is 9.59 Å². The number of carbonyl (C=O) groups is 1. The number of carbonyl (C=O) groups excluding carboxylic acids is 1. The fraction of sp³-hybridized carbons (Fsp3) is 0.111. The van der Waals surface area contributed by atoms with Crippen molar-refractivity contribution in [2.75, 3.05) is 0 Å². The quantitative estimate of drug-likeness (QED) is 0.642. The Labute approximate surface area is 89.9 Å². The molecule has 0 aliphatic rings. The summed E-state index contributed by atoms with van der Waals surface area (Å²) in [6, 6.07) is 4.38. The highest BCUT2D eigenvalue weighted by molar-refractivity contribution is 5.91. The second-order valence-corrected chi connectivity index (χ2v) is 3.04. The fourth-order valence-electron chi connectivity index (χ4n) is 1.16. The summed E-state index contributed by atoms with van der Waals surface area (Å²) in [6.07, 6.45) is 1.35. The average Bonchev–Trinajstić information content (AvgIpc) is 2.78. The molecule has 7 heteroatoms. The zero-order valence-corrected chi connectivity index (χ0v) is 8.23. The van der Waals surface area contributed by atoms with Gasteiger partial charge in [-0.1, -0.05) is 6.07 Å². The van der Waals surface area contributed by atoms with Crippen molar-refractivity contribution in [3.63, 3.8) is 0 Å². The lowest BCUT2D eigenvalue weighted by Crippen LogP contribution is -2.26. The molecule has 3 N–H and O–H groups in total. The lowest BCUT2D eigenvalue weighted by molar-refractivity contribution is 0.0944. The van der Waals surface area contributed by atoms with Crippen LogP contribution >= 0.6 is 0 Å². The molecule has 0 saturated carbocycles. The Morgan fingerprint density at radius 2 is 2.31 bits per heavy atom. The van der Waals surface area contributed by atoms with Crippen molar-refractivity contribution in [3.8, 4) is 0 Å². The predicted molar refractivity (Wildman–Crippen MR) is 54.6 cm³/mol. The number of rotatable bonds is 3. The van der Waals surface area contributed by atoms with Gasteiger partial charge < -0.3 is 10.3 Å². The van der Waals surface area contributed by atoms with E-state index in [0.717, 1.165) is 0 Å². The van der Waals surface area contributed by atoms with Crippen LogP contribution in [-0.2, 0) is 6.54 Å². The van der Waals surface area contributed by atoms with E-state index in [0.29, 0.717) is 5.82 Å². The molecule has 0 saturated heterocycles. The van der Waals surface area contributed by atoms with E-state index in [-0.39, 0.29) is 23.7 Å². The van der Waals surface area contributed by atoms with Gasteiger partial charge in [-0.05, 0) is 6.07 Å². The van der Waals surface area contributed by atoms with E-state index in [1.165, 1.54) is 24.5 Å². The largest absolute Gasteiger partial charge is 0.343 e. The zero-order valence-electron chi connectivity index (χ0n) is 8.23. The first kappa shape index (κ1) is 10.1. The SMILES string of the molecule is O=C(NCc1ncn[nH]1)c1cccc(=O)[nH]1. The summed E-state index contributed by atoms with van der Waals surface area (Å²) in [6.45, 7) is 0.232. The maximum atomic E-state index is 11.5. The van der Waals surface area contributed by atoms with Gasteiger partial charge in [0.25, 0.3) is 5.91 Å². The molecule has 0 aromatic carbocycles. The lowest BCUT2D eigenvalue weighted by Gasteiger charge is -2.01. The first-order valence-electron chi connectivity index (χ1n) is 4.57. The molecule has 0 fully saturated rings. The first-order chi connectivity index (χ1) is 7.75. The Kier molecular flexibility index (Phi) is 2.77. The van der Waals surface area contributed by atoms with Crippen molar-refractivity contribution < 1.29 is 4.79 Å². The van der Waals surface area contributed by atoms with E-state index in [1.54, 1.807) is 0 Å². The van der Waals surface area contributed by atoms with Crippen LogP contribution in [0.2, 0.25) is 0 Å². The highest BCUT2D eigenvalue weighted by Gasteiger charge is 2.06. The van der Waals surface area contributed by atoms with Crippen molar-refractivity contribution in [2.24, 2.45) is 0 Å². The Morgan fingerprint density at radius 3 is 3.00 bits per heavy atom. The molecule has 0 spiro atoms. The molecular weight excluding hydrogens is 210 g/mol. The summed E-state index contributed by atoms with van der Waals surface area (Å²) in [5.41, 5.74) is -0.0978. The van der Waals surface area contributed by atoms with Gasteiger partial charge in [-0.15, -0.1) is 0 Å². The standard InChI is InChI=1S/C9H9N5O2/c15-8-3-1-2-6(13-8)9(16)10-4-7-11-5-12-14-7/h1-3,5H,4H2,(H,10,16)(H,13,15)(H,11,12,14). The van der Waals surface area contributed by atoms with Crippen LogP contribution in [0.4, 0.5) is 0 Å². The second-order valence-electron chi connectivity index (χ2n) is 3.04. The third kappa shape index (κ3) is 2.32. The van der Waals surface area contributed by atoms with Gasteiger partial charge in [0, 0.05) is 6.07 Å². The molecule has 0 atom stereocenters. The van der Waals surface area contributed by atoms with Crippen LogP contribution in [0.5, 0.6) is 0 Å². The number of nitrogens with one attached hydrogen (secondary N) is 3. The van der Waals surface area contributed by atoms with Gasteiger partial charge in [0.05, 0.1) is 6.54 Å². The molecule has 82 valence electrons. The number of amides is 1. The summed E-state index contributed by atoms with van der Waals surface area (Å²) in [5, 5.41) is 8.84. The van der Waals surface area contributed by atoms with Gasteiger partial charge >= 0.3 is 0 Å². The highest BCUT2D eigenvalue weighted by Crippen LogP contribution is 1.91. The van der Waals surface area contributed by atoms with E-state index < -0.39 is 0 Å². The van der Waals surface area contributed by atoms with Crippen molar-refractivity contribution >= 4 is 5.91 Å². The maximum absolute atomic E-state index is 11.5. The predicted octanol–water partition coefficient (Wildman–Crippen LogP) is -0.577. The minimum Gasteiger partial charge on any atom is -0.343 e. The van der Waals surface area contributed by atoms with Crippen molar-refractivity contribution in [1.29, 1.82) is 0 Å². The monoisotopic (exact) mass is 219 g/mol. The van der Waals surface area contributed by atoms with Crippen LogP contribution in [0.1, 0.15) is 16.3 Å². The smallest absolute Gasteiger partial charge is 0.268 e. The van der Waals surface area contributed by atoms with Gasteiger partial charge in [0.2, 0.25) is 5.56 Å². The Bertz CT molecular complexity index is 531. The maximum Gasteiger partial charge on any atom is 0.268 e. The molecule has 2 heterocycles. The molecule has 0 unspecified atom stereocenters. The third-order valence-corrected chi connectivity index (χ3v) is 1.89. The Hall–Kier alpha value is -2.44. The summed E-state index contributed by atoms with van der Waals surface area (Å²) >= 11 is 0. The van der Waals surface area contributed by atoms with E-state index in [1.807, 2.05) is 0 Å². The summed E-state index contributed by atoms with van der Waals surface area (Å²) < 4.78 is 0. The first-order valence-corrected chi connectivity index (χ1v) is 4.57. The third-order valence-electron chi connectivity index (χ3n) is 1.89. The summed E-state index contributed by atoms with van der Waals surface area (Å²) in [5.74, 6) is 0.181. The number of hydrogen-bond donors (Lipinski definition) is 3. The number of nitrogens with zero attached hydrogens (tertiary/aromatic N) is 2. The summed E-state index contributed by atoms with van der Waals surface area (Å²) in [7, 11) is 0. The Balaban J connectivity index is 2.01. The number of aromatic amines is 2. The van der Waals surface area contributed by atoms with Crippen molar-refractivity contribution in [1.82, 2.24) is 25.5 Å². The van der Waals surface area contributed by atoms with Crippen LogP contribution in [-0.4, -0.2) is 26.1 Å². The minimum absolute atomic E-state index is 0.215. The van der Waals surface area contributed by atoms with Crippen molar-refractivity contribution in [3.05, 3.63) is 46.4 Å². The molecular formula is C9H9N5O2. The number of pyridine rings is 1. The molecule has 0 aliphatic carbocycles. The molecule has 7 nitrogen and oxygen atoms in total. The molecule has 2 aromatic rings. The molecule has 2 aromatic heterocycles. The number of hydrogen-bond acceptors (Lipinski definition) is 4. The molecule has 0 bridgehead atoms. The Morgan fingerprint density at radius 1 is 1.44 bits per heavy atom. The van der Waals surface area contributed by atoms with Gasteiger partial charge in [-0.2, -0.15) is 5.10 Å². The fourth-order valence-corrected chi connectivity index (χ4v) is 1.16. The molecule has 16 heavy (non-hydrogen) atoms. The average molecular weight is 219 g/mol. The zero-order chi connectivity index (χ0) is 11.4. The van der Waals surface area contributed by atoms with Gasteiger partial charge in [-0.25, -0.2) is 4.98 Å². The molecule has 2 rings (SSSR count). The van der Waals surface area contributed by atoms with Gasteiger partial charge in [-0.3, -0.25) is 14.7 Å². The van der Waals surface area contributed by atoms with Gasteiger partial charge in [0.15, 0.2) is 0 Å². The highest BCUT2D eigenvalue weighted by atomic mass is 16.2. The van der Waals surface area contributed by atoms with E-state index >= 15 is 0 Å². The van der Waals surface area contributed by atoms with E-state index in [4.69, 9.17) is 0 Å². The van der Waals surface area contributed by atoms with Crippen LogP contribution in [0.3, 0.4) is 0 Å². The van der Waals surface area contributed by atoms with Crippen LogP contribution < -0.4 is 10.9 Å². The van der Waals surface area contributed by atoms with E-state index in [2.05, 4.69) is 25.5 Å². The van der Waals surface area contributed by atoms with Crippen LogP contribution in [0.15, 0.2) is 29.3 Å². The number of H-pyrrole nitrogens is 2.